The Bertz CT molecular complexity index is 646. The predicted octanol–water partition coefficient (Wildman–Crippen LogP) is 2.67. The molecule has 2 aromatic carbocycles. The van der Waals surface area contributed by atoms with E-state index in [0.29, 0.717) is 13.2 Å². The number of ether oxygens (including phenoxy) is 1. The molecule has 0 fully saturated rings. The van der Waals surface area contributed by atoms with Crippen LogP contribution in [0.25, 0.3) is 0 Å². The minimum absolute atomic E-state index is 0.214. The molecule has 23 heavy (non-hydrogen) atoms. The van der Waals surface area contributed by atoms with Crippen LogP contribution in [-0.2, 0) is 10.3 Å². The van der Waals surface area contributed by atoms with Crippen LogP contribution in [0.5, 0.6) is 5.75 Å². The number of benzene rings is 2. The lowest BCUT2D eigenvalue weighted by Gasteiger charge is -2.24. The highest BCUT2D eigenvalue weighted by atomic mass is 16.5. The predicted molar refractivity (Wildman–Crippen MR) is 92.4 cm³/mol. The molecular weight excluding hydrogens is 288 g/mol. The summed E-state index contributed by atoms with van der Waals surface area (Å²) in [6.07, 6.45) is 0. The number of hydrogen-bond donors (Lipinski definition) is 2. The third-order valence-corrected chi connectivity index (χ3v) is 3.89. The second kappa shape index (κ2) is 7.29. The highest BCUT2D eigenvalue weighted by molar-refractivity contribution is 5.86. The number of nitrogens with one attached hydrogen (secondary N) is 1. The summed E-state index contributed by atoms with van der Waals surface area (Å²) >= 11 is 0. The van der Waals surface area contributed by atoms with E-state index in [9.17, 15) is 4.79 Å². The monoisotopic (exact) mass is 312 g/mol. The summed E-state index contributed by atoms with van der Waals surface area (Å²) in [5, 5.41) is 2.84. The van der Waals surface area contributed by atoms with Gasteiger partial charge in [0.05, 0.1) is 6.54 Å². The summed E-state index contributed by atoms with van der Waals surface area (Å²) in [6.45, 7) is 6.54. The van der Waals surface area contributed by atoms with E-state index in [1.165, 1.54) is 0 Å². The topological polar surface area (TPSA) is 64.3 Å². The molecule has 1 atom stereocenters. The summed E-state index contributed by atoms with van der Waals surface area (Å²) in [6, 6.07) is 15.4. The van der Waals surface area contributed by atoms with Gasteiger partial charge >= 0.3 is 0 Å². The van der Waals surface area contributed by atoms with E-state index < -0.39 is 5.54 Å². The van der Waals surface area contributed by atoms with E-state index in [-0.39, 0.29) is 5.91 Å². The van der Waals surface area contributed by atoms with Gasteiger partial charge in [0, 0.05) is 0 Å². The summed E-state index contributed by atoms with van der Waals surface area (Å²) in [7, 11) is 0. The van der Waals surface area contributed by atoms with Gasteiger partial charge in [0.15, 0.2) is 0 Å². The zero-order chi connectivity index (χ0) is 16.9. The van der Waals surface area contributed by atoms with Gasteiger partial charge in [0.25, 0.3) is 0 Å². The van der Waals surface area contributed by atoms with Gasteiger partial charge in [-0.25, -0.2) is 0 Å². The quantitative estimate of drug-likeness (QED) is 0.806. The minimum Gasteiger partial charge on any atom is -0.491 e. The molecule has 0 aliphatic rings. The largest absolute Gasteiger partial charge is 0.491 e. The maximum atomic E-state index is 12.3. The number of para-hydroxylation sites is 1. The van der Waals surface area contributed by atoms with Crippen LogP contribution < -0.4 is 15.8 Å². The van der Waals surface area contributed by atoms with Gasteiger partial charge in [-0.3, -0.25) is 4.79 Å². The van der Waals surface area contributed by atoms with Gasteiger partial charge in [0.1, 0.15) is 17.9 Å². The fourth-order valence-electron chi connectivity index (χ4n) is 2.44. The Kier molecular flexibility index (Phi) is 5.40. The first kappa shape index (κ1) is 17.0. The Morgan fingerprint density at radius 1 is 1.09 bits per heavy atom. The van der Waals surface area contributed by atoms with E-state index in [1.807, 2.05) is 62.4 Å². The Morgan fingerprint density at radius 3 is 2.30 bits per heavy atom. The first-order valence-corrected chi connectivity index (χ1v) is 7.74. The van der Waals surface area contributed by atoms with E-state index >= 15 is 0 Å². The van der Waals surface area contributed by atoms with Crippen LogP contribution in [-0.4, -0.2) is 19.1 Å². The number of rotatable bonds is 6. The zero-order valence-corrected chi connectivity index (χ0v) is 13.9. The molecule has 1 amide bonds. The molecule has 0 radical (unpaired) electrons. The minimum atomic E-state index is -1.06. The maximum Gasteiger partial charge on any atom is 0.244 e. The van der Waals surface area contributed by atoms with Crippen molar-refractivity contribution >= 4 is 5.91 Å². The van der Waals surface area contributed by atoms with Gasteiger partial charge in [-0.15, -0.1) is 0 Å². The lowest BCUT2D eigenvalue weighted by Crippen LogP contribution is -2.49. The molecule has 0 heterocycles. The molecule has 0 bridgehead atoms. The number of carbonyl (C=O) groups excluding carboxylic acids is 1. The highest BCUT2D eigenvalue weighted by Gasteiger charge is 2.29. The van der Waals surface area contributed by atoms with E-state index in [2.05, 4.69) is 5.32 Å². The second-order valence-electron chi connectivity index (χ2n) is 5.89. The molecule has 1 unspecified atom stereocenters. The Hall–Kier alpha value is -2.33. The third kappa shape index (κ3) is 4.11. The molecule has 0 spiro atoms. The molecular formula is C19H24N2O2. The smallest absolute Gasteiger partial charge is 0.244 e. The number of aryl methyl sites for hydroxylation is 2. The molecule has 0 saturated heterocycles. The fraction of sp³-hybridized carbons (Fsp3) is 0.316. The molecule has 0 saturated carbocycles. The lowest BCUT2D eigenvalue weighted by molar-refractivity contribution is -0.126. The van der Waals surface area contributed by atoms with Crippen LogP contribution in [0, 0.1) is 13.8 Å². The third-order valence-electron chi connectivity index (χ3n) is 3.89. The van der Waals surface area contributed by atoms with Crippen LogP contribution in [0.15, 0.2) is 48.5 Å². The Morgan fingerprint density at radius 2 is 1.70 bits per heavy atom. The number of amides is 1. The molecule has 4 nitrogen and oxygen atoms in total. The number of hydrogen-bond acceptors (Lipinski definition) is 3. The van der Waals surface area contributed by atoms with Crippen LogP contribution >= 0.6 is 0 Å². The number of nitrogens with two attached hydrogens (primary N) is 1. The summed E-state index contributed by atoms with van der Waals surface area (Å²) in [5.74, 6) is 0.661. The average molecular weight is 312 g/mol. The van der Waals surface area contributed by atoms with E-state index in [1.54, 1.807) is 6.92 Å². The van der Waals surface area contributed by atoms with E-state index in [0.717, 1.165) is 22.4 Å². The first-order chi connectivity index (χ1) is 10.9. The summed E-state index contributed by atoms with van der Waals surface area (Å²) < 4.78 is 5.78. The van der Waals surface area contributed by atoms with Crippen molar-refractivity contribution in [2.24, 2.45) is 5.73 Å². The maximum absolute atomic E-state index is 12.3. The molecule has 0 aliphatic heterocycles. The lowest BCUT2D eigenvalue weighted by atomic mass is 9.92. The van der Waals surface area contributed by atoms with Gasteiger partial charge < -0.3 is 15.8 Å². The Labute approximate surface area is 137 Å². The van der Waals surface area contributed by atoms with Crippen molar-refractivity contribution in [3.05, 3.63) is 65.2 Å². The Balaban J connectivity index is 1.88. The molecule has 3 N–H and O–H groups in total. The average Bonchev–Trinajstić information content (AvgIpc) is 2.54. The molecule has 2 aromatic rings. The molecule has 0 aromatic heterocycles. The van der Waals surface area contributed by atoms with Crippen LogP contribution in [0.1, 0.15) is 23.6 Å². The van der Waals surface area contributed by atoms with Crippen LogP contribution in [0.3, 0.4) is 0 Å². The first-order valence-electron chi connectivity index (χ1n) is 7.74. The summed E-state index contributed by atoms with van der Waals surface area (Å²) in [4.78, 5) is 12.3. The molecule has 0 aliphatic carbocycles. The van der Waals surface area contributed by atoms with Crippen molar-refractivity contribution in [2.75, 3.05) is 13.2 Å². The van der Waals surface area contributed by atoms with Gasteiger partial charge in [-0.1, -0.05) is 48.5 Å². The van der Waals surface area contributed by atoms with Gasteiger partial charge in [-0.05, 0) is 37.5 Å². The van der Waals surface area contributed by atoms with Crippen molar-refractivity contribution in [1.82, 2.24) is 5.32 Å². The van der Waals surface area contributed by atoms with Crippen LogP contribution in [0.2, 0.25) is 0 Å². The molecule has 2 rings (SSSR count). The highest BCUT2D eigenvalue weighted by Crippen LogP contribution is 2.22. The van der Waals surface area contributed by atoms with Crippen molar-refractivity contribution in [1.29, 1.82) is 0 Å². The van der Waals surface area contributed by atoms with Gasteiger partial charge in [-0.2, -0.15) is 0 Å². The SMILES string of the molecule is Cc1cccc(C)c1OCCNC(=O)C(C)(N)c1ccccc1. The van der Waals surface area contributed by atoms with Gasteiger partial charge in [0.2, 0.25) is 5.91 Å². The second-order valence-corrected chi connectivity index (χ2v) is 5.89. The molecule has 4 heteroatoms. The van der Waals surface area contributed by atoms with Crippen molar-refractivity contribution < 1.29 is 9.53 Å². The standard InChI is InChI=1S/C19H24N2O2/c1-14-8-7-9-15(2)17(14)23-13-12-21-18(22)19(3,20)16-10-5-4-6-11-16/h4-11H,12-13,20H2,1-3H3,(H,21,22). The van der Waals surface area contributed by atoms with Crippen LogP contribution in [0.4, 0.5) is 0 Å². The fourth-order valence-corrected chi connectivity index (χ4v) is 2.44. The zero-order valence-electron chi connectivity index (χ0n) is 13.9. The van der Waals surface area contributed by atoms with Crippen molar-refractivity contribution in [3.8, 4) is 5.75 Å². The molecule has 122 valence electrons. The van der Waals surface area contributed by atoms with Crippen molar-refractivity contribution in [3.63, 3.8) is 0 Å². The summed E-state index contributed by atoms with van der Waals surface area (Å²) in [5.41, 5.74) is 8.07. The van der Waals surface area contributed by atoms with Crippen molar-refractivity contribution in [2.45, 2.75) is 26.3 Å². The number of carbonyl (C=O) groups is 1. The normalized spacial score (nSPS) is 13.2. The van der Waals surface area contributed by atoms with E-state index in [4.69, 9.17) is 10.5 Å².